The molecule has 0 bridgehead atoms. The van der Waals surface area contributed by atoms with Gasteiger partial charge in [0.05, 0.1) is 5.69 Å². The van der Waals surface area contributed by atoms with Gasteiger partial charge in [0, 0.05) is 36.3 Å². The number of fused-ring (bicyclic) bond motifs is 1. The van der Waals surface area contributed by atoms with Gasteiger partial charge in [-0.25, -0.2) is 0 Å². The van der Waals surface area contributed by atoms with Crippen LogP contribution in [0.5, 0.6) is 0 Å². The first-order valence-corrected chi connectivity index (χ1v) is 7.65. The van der Waals surface area contributed by atoms with E-state index in [2.05, 4.69) is 20.3 Å². The summed E-state index contributed by atoms with van der Waals surface area (Å²) in [5, 5.41) is 12.3. The number of pyridine rings is 2. The topological polar surface area (TPSA) is 104 Å². The molecule has 0 radical (unpaired) electrons. The van der Waals surface area contributed by atoms with Crippen molar-refractivity contribution in [3.63, 3.8) is 0 Å². The number of primary amides is 1. The van der Waals surface area contributed by atoms with Crippen LogP contribution in [0, 0.1) is 6.92 Å². The monoisotopic (exact) mass is 333 g/mol. The fourth-order valence-corrected chi connectivity index (χ4v) is 2.78. The maximum Gasteiger partial charge on any atom is 0.287 e. The van der Waals surface area contributed by atoms with Gasteiger partial charge < -0.3 is 5.73 Å². The standard InChI is InChI=1S/C17H15N7O/c1-10-4-3-5-13(19-10)15-12(9-23(2)22-15)11-6-7-14-20-21-17(16(18)25)24(14)8-11/h3-9H,1-2H3,(H2,18,25). The number of aryl methyl sites for hydroxylation is 2. The van der Waals surface area contributed by atoms with Crippen molar-refractivity contribution in [1.29, 1.82) is 0 Å². The average Bonchev–Trinajstić information content (AvgIpc) is 3.17. The van der Waals surface area contributed by atoms with Crippen LogP contribution in [-0.4, -0.2) is 35.3 Å². The van der Waals surface area contributed by atoms with Crippen molar-refractivity contribution < 1.29 is 4.79 Å². The van der Waals surface area contributed by atoms with Crippen LogP contribution in [0.25, 0.3) is 28.2 Å². The summed E-state index contributed by atoms with van der Waals surface area (Å²) in [7, 11) is 1.86. The molecule has 0 aromatic carbocycles. The average molecular weight is 333 g/mol. The van der Waals surface area contributed by atoms with Crippen LogP contribution < -0.4 is 5.73 Å². The van der Waals surface area contributed by atoms with E-state index in [4.69, 9.17) is 5.73 Å². The molecule has 0 saturated carbocycles. The number of carbonyl (C=O) groups excluding carboxylic acids is 1. The van der Waals surface area contributed by atoms with E-state index in [1.807, 2.05) is 44.4 Å². The molecule has 0 fully saturated rings. The summed E-state index contributed by atoms with van der Waals surface area (Å²) in [6.07, 6.45) is 3.69. The molecule has 4 aromatic heterocycles. The lowest BCUT2D eigenvalue weighted by molar-refractivity contribution is 0.0989. The molecule has 0 unspecified atom stereocenters. The van der Waals surface area contributed by atoms with E-state index >= 15 is 0 Å². The van der Waals surface area contributed by atoms with Crippen molar-refractivity contribution in [3.05, 3.63) is 54.2 Å². The van der Waals surface area contributed by atoms with Gasteiger partial charge in [-0.2, -0.15) is 5.10 Å². The van der Waals surface area contributed by atoms with Gasteiger partial charge in [-0.15, -0.1) is 10.2 Å². The normalized spacial score (nSPS) is 11.1. The number of carbonyl (C=O) groups is 1. The fraction of sp³-hybridized carbons (Fsp3) is 0.118. The summed E-state index contributed by atoms with van der Waals surface area (Å²) in [5.41, 5.74) is 10.1. The van der Waals surface area contributed by atoms with Gasteiger partial charge >= 0.3 is 0 Å². The lowest BCUT2D eigenvalue weighted by atomic mass is 10.1. The minimum atomic E-state index is -0.628. The molecule has 124 valence electrons. The highest BCUT2D eigenvalue weighted by Gasteiger charge is 2.16. The summed E-state index contributed by atoms with van der Waals surface area (Å²) in [5.74, 6) is -0.535. The van der Waals surface area contributed by atoms with E-state index in [1.165, 1.54) is 0 Å². The SMILES string of the molecule is Cc1cccc(-c2nn(C)cc2-c2ccc3nnc(C(N)=O)n3c2)n1. The summed E-state index contributed by atoms with van der Waals surface area (Å²) >= 11 is 0. The van der Waals surface area contributed by atoms with Crippen molar-refractivity contribution >= 4 is 11.6 Å². The molecule has 0 aliphatic carbocycles. The van der Waals surface area contributed by atoms with Crippen LogP contribution in [0.4, 0.5) is 0 Å². The van der Waals surface area contributed by atoms with Crippen molar-refractivity contribution in [3.8, 4) is 22.5 Å². The fourth-order valence-electron chi connectivity index (χ4n) is 2.78. The predicted octanol–water partition coefficient (Wildman–Crippen LogP) is 1.60. The lowest BCUT2D eigenvalue weighted by Crippen LogP contribution is -2.15. The van der Waals surface area contributed by atoms with Gasteiger partial charge in [0.15, 0.2) is 5.65 Å². The Labute approximate surface area is 142 Å². The molecule has 25 heavy (non-hydrogen) atoms. The Kier molecular flexibility index (Phi) is 3.31. The molecule has 0 atom stereocenters. The van der Waals surface area contributed by atoms with Crippen LogP contribution in [0.1, 0.15) is 16.3 Å². The molecule has 0 aliphatic heterocycles. The molecule has 0 spiro atoms. The van der Waals surface area contributed by atoms with Gasteiger partial charge in [-0.05, 0) is 31.2 Å². The largest absolute Gasteiger partial charge is 0.363 e. The van der Waals surface area contributed by atoms with Gasteiger partial charge in [-0.3, -0.25) is 18.9 Å². The van der Waals surface area contributed by atoms with E-state index in [1.54, 1.807) is 21.3 Å². The first-order chi connectivity index (χ1) is 12.0. The Bertz CT molecular complexity index is 1110. The van der Waals surface area contributed by atoms with Crippen LogP contribution in [-0.2, 0) is 7.05 Å². The molecule has 4 heterocycles. The molecule has 2 N–H and O–H groups in total. The van der Waals surface area contributed by atoms with Crippen molar-refractivity contribution in [2.75, 3.05) is 0 Å². The van der Waals surface area contributed by atoms with E-state index < -0.39 is 5.91 Å². The second-order valence-corrected chi connectivity index (χ2v) is 5.76. The van der Waals surface area contributed by atoms with Crippen molar-refractivity contribution in [1.82, 2.24) is 29.4 Å². The second-order valence-electron chi connectivity index (χ2n) is 5.76. The number of aromatic nitrogens is 6. The van der Waals surface area contributed by atoms with Gasteiger partial charge in [0.1, 0.15) is 5.69 Å². The van der Waals surface area contributed by atoms with Crippen LogP contribution in [0.15, 0.2) is 42.7 Å². The van der Waals surface area contributed by atoms with Crippen LogP contribution in [0.2, 0.25) is 0 Å². The summed E-state index contributed by atoms with van der Waals surface area (Å²) in [4.78, 5) is 16.1. The third-order valence-electron chi connectivity index (χ3n) is 3.89. The van der Waals surface area contributed by atoms with E-state index in [9.17, 15) is 4.79 Å². The maximum atomic E-state index is 11.5. The first kappa shape index (κ1) is 15.0. The zero-order valence-electron chi connectivity index (χ0n) is 13.7. The number of nitrogens with two attached hydrogens (primary N) is 1. The highest BCUT2D eigenvalue weighted by molar-refractivity contribution is 5.90. The molecule has 8 nitrogen and oxygen atoms in total. The summed E-state index contributed by atoms with van der Waals surface area (Å²) < 4.78 is 3.32. The number of amides is 1. The smallest absolute Gasteiger partial charge is 0.287 e. The molecule has 0 saturated heterocycles. The molecule has 0 aliphatic rings. The Hall–Kier alpha value is -3.55. The summed E-state index contributed by atoms with van der Waals surface area (Å²) in [6, 6.07) is 9.50. The van der Waals surface area contributed by atoms with E-state index in [0.717, 1.165) is 28.2 Å². The van der Waals surface area contributed by atoms with Gasteiger partial charge in [0.25, 0.3) is 5.91 Å². The van der Waals surface area contributed by atoms with E-state index in [0.29, 0.717) is 5.65 Å². The van der Waals surface area contributed by atoms with Gasteiger partial charge in [-0.1, -0.05) is 6.07 Å². The Balaban J connectivity index is 1.92. The minimum Gasteiger partial charge on any atom is -0.363 e. The number of nitrogens with zero attached hydrogens (tertiary/aromatic N) is 6. The number of rotatable bonds is 3. The minimum absolute atomic E-state index is 0.0935. The Morgan fingerprint density at radius 2 is 1.96 bits per heavy atom. The van der Waals surface area contributed by atoms with Gasteiger partial charge in [0.2, 0.25) is 5.82 Å². The molecular formula is C17H15N7O. The third-order valence-corrected chi connectivity index (χ3v) is 3.89. The highest BCUT2D eigenvalue weighted by Crippen LogP contribution is 2.30. The van der Waals surface area contributed by atoms with Crippen LogP contribution in [0.3, 0.4) is 0 Å². The third kappa shape index (κ3) is 2.53. The van der Waals surface area contributed by atoms with Crippen molar-refractivity contribution in [2.24, 2.45) is 12.8 Å². The zero-order chi connectivity index (χ0) is 17.6. The summed E-state index contributed by atoms with van der Waals surface area (Å²) in [6.45, 7) is 1.94. The van der Waals surface area contributed by atoms with Crippen molar-refractivity contribution in [2.45, 2.75) is 6.92 Å². The zero-order valence-corrected chi connectivity index (χ0v) is 13.7. The highest BCUT2D eigenvalue weighted by atomic mass is 16.1. The number of hydrogen-bond donors (Lipinski definition) is 1. The predicted molar refractivity (Wildman–Crippen MR) is 91.7 cm³/mol. The first-order valence-electron chi connectivity index (χ1n) is 7.65. The lowest BCUT2D eigenvalue weighted by Gasteiger charge is -2.04. The second kappa shape index (κ2) is 5.52. The molecule has 1 amide bonds. The van der Waals surface area contributed by atoms with E-state index in [-0.39, 0.29) is 5.82 Å². The maximum absolute atomic E-state index is 11.5. The Morgan fingerprint density at radius 1 is 1.12 bits per heavy atom. The number of hydrogen-bond acceptors (Lipinski definition) is 5. The Morgan fingerprint density at radius 3 is 2.72 bits per heavy atom. The molecule has 8 heteroatoms. The molecule has 4 rings (SSSR count). The molecular weight excluding hydrogens is 318 g/mol. The molecule has 4 aromatic rings. The van der Waals surface area contributed by atoms with Crippen LogP contribution >= 0.6 is 0 Å². The quantitative estimate of drug-likeness (QED) is 0.613.